The van der Waals surface area contributed by atoms with E-state index in [2.05, 4.69) is 11.7 Å². The zero-order valence-electron chi connectivity index (χ0n) is 9.29. The molecule has 14 heavy (non-hydrogen) atoms. The van der Waals surface area contributed by atoms with Crippen molar-refractivity contribution in [2.45, 2.75) is 26.8 Å². The number of esters is 1. The molecule has 1 unspecified atom stereocenters. The summed E-state index contributed by atoms with van der Waals surface area (Å²) in [6.45, 7) is 7.36. The molecule has 1 rings (SSSR count). The molecule has 1 aliphatic rings. The van der Waals surface area contributed by atoms with Gasteiger partial charge in [0.05, 0.1) is 20.3 Å². The first-order valence-electron chi connectivity index (χ1n) is 4.76. The largest absolute Gasteiger partial charge is 0.468 e. The lowest BCUT2D eigenvalue weighted by Gasteiger charge is -2.51. The molecule has 0 amide bonds. The number of carbonyl (C=O) groups is 1. The van der Waals surface area contributed by atoms with Gasteiger partial charge in [-0.15, -0.1) is 0 Å². The van der Waals surface area contributed by atoms with Gasteiger partial charge < -0.3 is 15.2 Å². The van der Waals surface area contributed by atoms with Crippen molar-refractivity contribution in [2.24, 2.45) is 16.6 Å². The van der Waals surface area contributed by atoms with Gasteiger partial charge in [0.1, 0.15) is 6.04 Å². The highest BCUT2D eigenvalue weighted by molar-refractivity contribution is 5.76. The van der Waals surface area contributed by atoms with E-state index >= 15 is 0 Å². The molecule has 1 fully saturated rings. The number of hydrogen-bond acceptors (Lipinski definition) is 4. The van der Waals surface area contributed by atoms with Gasteiger partial charge in [0, 0.05) is 10.8 Å². The van der Waals surface area contributed by atoms with Crippen LogP contribution < -0.4 is 5.73 Å². The van der Waals surface area contributed by atoms with Crippen LogP contribution in [0.5, 0.6) is 0 Å². The highest BCUT2D eigenvalue weighted by atomic mass is 16.5. The number of nitrogens with two attached hydrogens (primary N) is 1. The number of carbonyl (C=O) groups excluding carboxylic acids is 1. The predicted octanol–water partition coefficient (Wildman–Crippen LogP) is 0.549. The standard InChI is InChI=1S/C10H19NO3/c1-9(2,7(11)8(12)13-4)10(3)5-14-6-10/h7H,5-6,11H2,1-4H3. The van der Waals surface area contributed by atoms with Crippen LogP contribution in [-0.2, 0) is 14.3 Å². The molecule has 0 spiro atoms. The van der Waals surface area contributed by atoms with Gasteiger partial charge in [-0.05, 0) is 0 Å². The maximum atomic E-state index is 11.4. The van der Waals surface area contributed by atoms with Crippen LogP contribution >= 0.6 is 0 Å². The minimum absolute atomic E-state index is 0.0272. The van der Waals surface area contributed by atoms with Crippen LogP contribution in [0.25, 0.3) is 0 Å². The van der Waals surface area contributed by atoms with Crippen LogP contribution in [0.15, 0.2) is 0 Å². The lowest BCUT2D eigenvalue weighted by molar-refractivity contribution is -0.180. The summed E-state index contributed by atoms with van der Waals surface area (Å²) in [7, 11) is 1.36. The van der Waals surface area contributed by atoms with Crippen LogP contribution in [-0.4, -0.2) is 32.3 Å². The first kappa shape index (κ1) is 11.5. The molecule has 4 heteroatoms. The molecule has 0 aromatic rings. The van der Waals surface area contributed by atoms with Crippen molar-refractivity contribution in [2.75, 3.05) is 20.3 Å². The highest BCUT2D eigenvalue weighted by Crippen LogP contribution is 2.46. The van der Waals surface area contributed by atoms with Gasteiger partial charge in [0.25, 0.3) is 0 Å². The second-order valence-electron chi connectivity index (χ2n) is 4.78. The van der Waals surface area contributed by atoms with Crippen LogP contribution in [0.2, 0.25) is 0 Å². The molecule has 1 atom stereocenters. The molecule has 0 aromatic carbocycles. The molecule has 1 aliphatic heterocycles. The first-order valence-corrected chi connectivity index (χ1v) is 4.76. The Balaban J connectivity index is 2.78. The van der Waals surface area contributed by atoms with Crippen molar-refractivity contribution in [1.29, 1.82) is 0 Å². The summed E-state index contributed by atoms with van der Waals surface area (Å²) < 4.78 is 9.84. The Bertz CT molecular complexity index is 234. The fourth-order valence-electron chi connectivity index (χ4n) is 1.58. The van der Waals surface area contributed by atoms with Crippen LogP contribution in [0, 0.1) is 10.8 Å². The fraction of sp³-hybridized carbons (Fsp3) is 0.900. The van der Waals surface area contributed by atoms with E-state index in [4.69, 9.17) is 10.5 Å². The molecule has 0 bridgehead atoms. The lowest BCUT2D eigenvalue weighted by Crippen LogP contribution is -2.60. The van der Waals surface area contributed by atoms with E-state index in [1.807, 2.05) is 13.8 Å². The smallest absolute Gasteiger partial charge is 0.323 e. The third-order valence-corrected chi connectivity index (χ3v) is 3.63. The third kappa shape index (κ3) is 1.53. The summed E-state index contributed by atoms with van der Waals surface area (Å²) in [5.41, 5.74) is 5.54. The summed E-state index contributed by atoms with van der Waals surface area (Å²) in [6, 6.07) is -0.596. The van der Waals surface area contributed by atoms with Gasteiger partial charge in [-0.3, -0.25) is 4.79 Å². The zero-order valence-corrected chi connectivity index (χ0v) is 9.29. The average molecular weight is 201 g/mol. The van der Waals surface area contributed by atoms with Crippen molar-refractivity contribution in [3.05, 3.63) is 0 Å². The van der Waals surface area contributed by atoms with E-state index in [1.165, 1.54) is 7.11 Å². The highest BCUT2D eigenvalue weighted by Gasteiger charge is 2.52. The van der Waals surface area contributed by atoms with E-state index in [9.17, 15) is 4.79 Å². The molecule has 0 aliphatic carbocycles. The van der Waals surface area contributed by atoms with Gasteiger partial charge in [0.15, 0.2) is 0 Å². The third-order valence-electron chi connectivity index (χ3n) is 3.63. The van der Waals surface area contributed by atoms with Gasteiger partial charge in [-0.25, -0.2) is 0 Å². The molecular weight excluding hydrogens is 182 g/mol. The first-order chi connectivity index (χ1) is 6.35. The minimum Gasteiger partial charge on any atom is -0.468 e. The topological polar surface area (TPSA) is 61.5 Å². The van der Waals surface area contributed by atoms with Crippen LogP contribution in [0.3, 0.4) is 0 Å². The second kappa shape index (κ2) is 3.51. The Morgan fingerprint density at radius 2 is 2.07 bits per heavy atom. The predicted molar refractivity (Wildman–Crippen MR) is 52.7 cm³/mol. The quantitative estimate of drug-likeness (QED) is 0.677. The molecule has 4 nitrogen and oxygen atoms in total. The second-order valence-corrected chi connectivity index (χ2v) is 4.78. The molecule has 0 aromatic heterocycles. The minimum atomic E-state index is -0.596. The molecular formula is C10H19NO3. The monoisotopic (exact) mass is 201 g/mol. The number of rotatable bonds is 3. The van der Waals surface area contributed by atoms with E-state index in [0.29, 0.717) is 13.2 Å². The summed E-state index contributed by atoms with van der Waals surface area (Å²) in [4.78, 5) is 11.4. The number of ether oxygens (including phenoxy) is 2. The summed E-state index contributed by atoms with van der Waals surface area (Å²) in [5.74, 6) is -0.358. The SMILES string of the molecule is COC(=O)C(N)C(C)(C)C1(C)COC1. The maximum Gasteiger partial charge on any atom is 0.323 e. The molecule has 82 valence electrons. The Kier molecular flexibility index (Phi) is 2.88. The Morgan fingerprint density at radius 1 is 1.57 bits per heavy atom. The van der Waals surface area contributed by atoms with Gasteiger partial charge in [0.2, 0.25) is 0 Å². The molecule has 0 radical (unpaired) electrons. The molecule has 1 heterocycles. The lowest BCUT2D eigenvalue weighted by atomic mass is 9.61. The van der Waals surface area contributed by atoms with Crippen molar-refractivity contribution in [3.63, 3.8) is 0 Å². The average Bonchev–Trinajstić information content (AvgIpc) is 2.11. The normalized spacial score (nSPS) is 22.4. The molecule has 0 saturated carbocycles. The maximum absolute atomic E-state index is 11.4. The van der Waals surface area contributed by atoms with Crippen molar-refractivity contribution >= 4 is 5.97 Å². The summed E-state index contributed by atoms with van der Waals surface area (Å²) in [5, 5.41) is 0. The van der Waals surface area contributed by atoms with Gasteiger partial charge >= 0.3 is 5.97 Å². The van der Waals surface area contributed by atoms with E-state index in [1.54, 1.807) is 0 Å². The van der Waals surface area contributed by atoms with Crippen LogP contribution in [0.1, 0.15) is 20.8 Å². The van der Waals surface area contributed by atoms with Crippen molar-refractivity contribution in [1.82, 2.24) is 0 Å². The Hall–Kier alpha value is -0.610. The summed E-state index contributed by atoms with van der Waals surface area (Å²) >= 11 is 0. The van der Waals surface area contributed by atoms with Gasteiger partial charge in [-0.1, -0.05) is 20.8 Å². The Morgan fingerprint density at radius 3 is 2.36 bits per heavy atom. The molecule has 1 saturated heterocycles. The van der Waals surface area contributed by atoms with Crippen molar-refractivity contribution < 1.29 is 14.3 Å². The zero-order chi connectivity index (χ0) is 11.0. The number of hydrogen-bond donors (Lipinski definition) is 1. The van der Waals surface area contributed by atoms with E-state index in [-0.39, 0.29) is 16.8 Å². The Labute approximate surface area is 84.7 Å². The van der Waals surface area contributed by atoms with Crippen LogP contribution in [0.4, 0.5) is 0 Å². The number of methoxy groups -OCH3 is 1. The van der Waals surface area contributed by atoms with E-state index < -0.39 is 6.04 Å². The molecule has 2 N–H and O–H groups in total. The summed E-state index contributed by atoms with van der Waals surface area (Å²) in [6.07, 6.45) is 0. The van der Waals surface area contributed by atoms with Gasteiger partial charge in [-0.2, -0.15) is 0 Å². The fourth-order valence-corrected chi connectivity index (χ4v) is 1.58. The van der Waals surface area contributed by atoms with Crippen molar-refractivity contribution in [3.8, 4) is 0 Å². The van der Waals surface area contributed by atoms with E-state index in [0.717, 1.165) is 0 Å².